The Kier molecular flexibility index (Phi) is 5.99. The van der Waals surface area contributed by atoms with Gasteiger partial charge in [-0.05, 0) is 61.4 Å². The van der Waals surface area contributed by atoms with E-state index < -0.39 is 0 Å². The van der Waals surface area contributed by atoms with E-state index in [-0.39, 0.29) is 17.6 Å². The first-order valence-electron chi connectivity index (χ1n) is 9.42. The Morgan fingerprint density at radius 2 is 1.70 bits per heavy atom. The number of aromatic nitrogens is 2. The first-order chi connectivity index (χ1) is 14.6. The highest BCUT2D eigenvalue weighted by Crippen LogP contribution is 2.39. The average molecular weight is 424 g/mol. The third kappa shape index (κ3) is 5.18. The van der Waals surface area contributed by atoms with Crippen molar-refractivity contribution >= 4 is 35.0 Å². The van der Waals surface area contributed by atoms with Gasteiger partial charge in [-0.1, -0.05) is 11.8 Å². The van der Waals surface area contributed by atoms with Crippen LogP contribution in [0.15, 0.2) is 58.2 Å². The number of benzene rings is 2. The van der Waals surface area contributed by atoms with Crippen LogP contribution in [0.1, 0.15) is 35.0 Å². The zero-order chi connectivity index (χ0) is 20.9. The van der Waals surface area contributed by atoms with Gasteiger partial charge in [0.05, 0.1) is 12.9 Å². The molecule has 3 aromatic rings. The molecule has 1 aliphatic rings. The second kappa shape index (κ2) is 9.00. The molecule has 2 aromatic carbocycles. The maximum Gasteiger partial charge on any atom is 0.277 e. The van der Waals surface area contributed by atoms with Crippen molar-refractivity contribution in [3.05, 3.63) is 60.0 Å². The molecule has 2 N–H and O–H groups in total. The number of thioether (sulfide) groups is 1. The molecule has 1 heterocycles. The van der Waals surface area contributed by atoms with E-state index in [9.17, 15) is 9.59 Å². The number of rotatable bonds is 8. The minimum Gasteiger partial charge on any atom is -0.497 e. The molecule has 1 fully saturated rings. The van der Waals surface area contributed by atoms with Crippen LogP contribution in [0.4, 0.5) is 11.4 Å². The summed E-state index contributed by atoms with van der Waals surface area (Å²) >= 11 is 1.20. The number of ether oxygens (including phenoxy) is 1. The largest absolute Gasteiger partial charge is 0.497 e. The molecule has 1 saturated carbocycles. The molecule has 0 unspecified atom stereocenters. The van der Waals surface area contributed by atoms with Crippen LogP contribution in [0.2, 0.25) is 0 Å². The molecule has 0 bridgehead atoms. The predicted molar refractivity (Wildman–Crippen MR) is 113 cm³/mol. The van der Waals surface area contributed by atoms with Crippen LogP contribution >= 0.6 is 11.8 Å². The van der Waals surface area contributed by atoms with E-state index in [4.69, 9.17) is 9.15 Å². The predicted octanol–water partition coefficient (Wildman–Crippen LogP) is 3.94. The van der Waals surface area contributed by atoms with Gasteiger partial charge in [0.2, 0.25) is 11.8 Å². The minimum absolute atomic E-state index is 0.159. The van der Waals surface area contributed by atoms with Crippen molar-refractivity contribution in [2.75, 3.05) is 23.5 Å². The summed E-state index contributed by atoms with van der Waals surface area (Å²) in [7, 11) is 1.59. The van der Waals surface area contributed by atoms with Crippen LogP contribution in [0.5, 0.6) is 5.75 Å². The molecule has 9 heteroatoms. The van der Waals surface area contributed by atoms with Gasteiger partial charge in [-0.25, -0.2) is 0 Å². The number of anilines is 2. The van der Waals surface area contributed by atoms with E-state index in [1.165, 1.54) is 11.8 Å². The van der Waals surface area contributed by atoms with Gasteiger partial charge in [0.15, 0.2) is 0 Å². The Balaban J connectivity index is 1.26. The molecule has 0 radical (unpaired) electrons. The maximum atomic E-state index is 12.4. The standard InChI is InChI=1S/C21H20N4O4S/c1-28-17-10-8-16(9-11-17)23-19(27)13-4-6-15(7-5-13)22-18(26)12-30-21-25-24-20(29-21)14-2-3-14/h4-11,14H,2-3,12H2,1H3,(H,22,26)(H,23,27). The Hall–Kier alpha value is -3.33. The van der Waals surface area contributed by atoms with Gasteiger partial charge >= 0.3 is 0 Å². The highest BCUT2D eigenvalue weighted by atomic mass is 32.2. The Morgan fingerprint density at radius 3 is 2.37 bits per heavy atom. The Morgan fingerprint density at radius 1 is 1.03 bits per heavy atom. The summed E-state index contributed by atoms with van der Waals surface area (Å²) in [4.78, 5) is 24.5. The first kappa shape index (κ1) is 20.0. The van der Waals surface area contributed by atoms with E-state index in [1.54, 1.807) is 55.6 Å². The fraction of sp³-hybridized carbons (Fsp3) is 0.238. The molecule has 154 valence electrons. The van der Waals surface area contributed by atoms with Crippen LogP contribution in [0.3, 0.4) is 0 Å². The van der Waals surface area contributed by atoms with Crippen LogP contribution in [-0.4, -0.2) is 34.9 Å². The molecule has 0 aliphatic heterocycles. The second-order valence-electron chi connectivity index (χ2n) is 6.78. The van der Waals surface area contributed by atoms with E-state index in [1.807, 2.05) is 0 Å². The highest BCUT2D eigenvalue weighted by Gasteiger charge is 2.29. The molecule has 8 nitrogen and oxygen atoms in total. The number of nitrogens with zero attached hydrogens (tertiary/aromatic N) is 2. The van der Waals surface area contributed by atoms with E-state index >= 15 is 0 Å². The Bertz CT molecular complexity index is 1030. The number of carbonyl (C=O) groups excluding carboxylic acids is 2. The van der Waals surface area contributed by atoms with Gasteiger partial charge < -0.3 is 19.8 Å². The zero-order valence-corrected chi connectivity index (χ0v) is 17.1. The molecule has 0 atom stereocenters. The molecular formula is C21H20N4O4S. The molecule has 1 aromatic heterocycles. The maximum absolute atomic E-state index is 12.4. The smallest absolute Gasteiger partial charge is 0.277 e. The quantitative estimate of drug-likeness (QED) is 0.528. The fourth-order valence-corrected chi connectivity index (χ4v) is 3.25. The number of methoxy groups -OCH3 is 1. The zero-order valence-electron chi connectivity index (χ0n) is 16.3. The number of nitrogens with one attached hydrogen (secondary N) is 2. The summed E-state index contributed by atoms with van der Waals surface area (Å²) in [6, 6.07) is 13.7. The molecule has 30 heavy (non-hydrogen) atoms. The highest BCUT2D eigenvalue weighted by molar-refractivity contribution is 7.99. The van der Waals surface area contributed by atoms with Crippen molar-refractivity contribution in [3.63, 3.8) is 0 Å². The van der Waals surface area contributed by atoms with Crippen LogP contribution in [0.25, 0.3) is 0 Å². The van der Waals surface area contributed by atoms with Crippen molar-refractivity contribution < 1.29 is 18.7 Å². The molecule has 4 rings (SSSR count). The lowest BCUT2D eigenvalue weighted by molar-refractivity contribution is -0.113. The van der Waals surface area contributed by atoms with Crippen molar-refractivity contribution in [1.82, 2.24) is 10.2 Å². The molecular weight excluding hydrogens is 404 g/mol. The van der Waals surface area contributed by atoms with Crippen molar-refractivity contribution in [3.8, 4) is 5.75 Å². The SMILES string of the molecule is COc1ccc(NC(=O)c2ccc(NC(=O)CSc3nnc(C4CC4)o3)cc2)cc1. The number of amides is 2. The van der Waals surface area contributed by atoms with Gasteiger partial charge in [-0.15, -0.1) is 10.2 Å². The van der Waals surface area contributed by atoms with Crippen molar-refractivity contribution in [1.29, 1.82) is 0 Å². The number of hydrogen-bond acceptors (Lipinski definition) is 7. The average Bonchev–Trinajstić information content (AvgIpc) is 3.51. The first-order valence-corrected chi connectivity index (χ1v) is 10.4. The minimum atomic E-state index is -0.239. The number of hydrogen-bond donors (Lipinski definition) is 2. The molecule has 0 saturated heterocycles. The molecule has 1 aliphatic carbocycles. The van der Waals surface area contributed by atoms with Gasteiger partial charge in [0.1, 0.15) is 5.75 Å². The van der Waals surface area contributed by atoms with E-state index in [0.29, 0.717) is 39.7 Å². The van der Waals surface area contributed by atoms with Gasteiger partial charge in [-0.3, -0.25) is 9.59 Å². The van der Waals surface area contributed by atoms with Crippen molar-refractivity contribution in [2.24, 2.45) is 0 Å². The van der Waals surface area contributed by atoms with Crippen LogP contribution < -0.4 is 15.4 Å². The van der Waals surface area contributed by atoms with E-state index in [0.717, 1.165) is 12.8 Å². The third-order valence-electron chi connectivity index (χ3n) is 4.45. The van der Waals surface area contributed by atoms with Gasteiger partial charge in [-0.2, -0.15) is 0 Å². The summed E-state index contributed by atoms with van der Waals surface area (Å²) in [5.74, 6) is 1.49. The summed E-state index contributed by atoms with van der Waals surface area (Å²) < 4.78 is 10.6. The second-order valence-corrected chi connectivity index (χ2v) is 7.70. The number of carbonyl (C=O) groups is 2. The van der Waals surface area contributed by atoms with Gasteiger partial charge in [0, 0.05) is 22.9 Å². The third-order valence-corrected chi connectivity index (χ3v) is 5.27. The van der Waals surface area contributed by atoms with Gasteiger partial charge in [0.25, 0.3) is 11.1 Å². The lowest BCUT2D eigenvalue weighted by atomic mass is 10.2. The summed E-state index contributed by atoms with van der Waals surface area (Å²) in [5.41, 5.74) is 1.75. The normalized spacial score (nSPS) is 13.0. The monoisotopic (exact) mass is 424 g/mol. The van der Waals surface area contributed by atoms with Crippen molar-refractivity contribution in [2.45, 2.75) is 24.0 Å². The summed E-state index contributed by atoms with van der Waals surface area (Å²) in [6.07, 6.45) is 2.17. The topological polar surface area (TPSA) is 106 Å². The van der Waals surface area contributed by atoms with E-state index in [2.05, 4.69) is 20.8 Å². The summed E-state index contributed by atoms with van der Waals surface area (Å²) in [6.45, 7) is 0. The lowest BCUT2D eigenvalue weighted by Crippen LogP contribution is -2.15. The Labute approximate surface area is 177 Å². The molecule has 0 spiro atoms. The fourth-order valence-electron chi connectivity index (χ4n) is 2.68. The van der Waals surface area contributed by atoms with Crippen LogP contribution in [0, 0.1) is 0 Å². The lowest BCUT2D eigenvalue weighted by Gasteiger charge is -2.08. The molecule has 2 amide bonds. The summed E-state index contributed by atoms with van der Waals surface area (Å²) in [5, 5.41) is 13.9. The van der Waals surface area contributed by atoms with Crippen LogP contribution in [-0.2, 0) is 4.79 Å².